The van der Waals surface area contributed by atoms with Crippen molar-refractivity contribution in [3.8, 4) is 5.75 Å². The predicted octanol–water partition coefficient (Wildman–Crippen LogP) is 3.28. The summed E-state index contributed by atoms with van der Waals surface area (Å²) in [7, 11) is 2.54. The van der Waals surface area contributed by atoms with E-state index >= 15 is 0 Å². The summed E-state index contributed by atoms with van der Waals surface area (Å²) in [5, 5.41) is 10.7. The molecule has 0 amide bonds. The van der Waals surface area contributed by atoms with Crippen molar-refractivity contribution in [2.24, 2.45) is 0 Å². The molecule has 0 saturated carbocycles. The van der Waals surface area contributed by atoms with Crippen LogP contribution in [0.2, 0.25) is 0 Å². The molecule has 0 saturated heterocycles. The van der Waals surface area contributed by atoms with Crippen LogP contribution in [0.25, 0.3) is 0 Å². The van der Waals surface area contributed by atoms with E-state index in [9.17, 15) is 29.3 Å². The third-order valence-corrected chi connectivity index (χ3v) is 5.39. The molecular formula is C23H22N2O10. The van der Waals surface area contributed by atoms with Gasteiger partial charge in [-0.25, -0.2) is 4.79 Å². The van der Waals surface area contributed by atoms with E-state index in [1.807, 2.05) is 0 Å². The number of carbonyl (C=O) groups is 4. The van der Waals surface area contributed by atoms with Gasteiger partial charge in [-0.15, -0.1) is 0 Å². The average molecular weight is 486 g/mol. The molecule has 1 heterocycles. The van der Waals surface area contributed by atoms with Crippen LogP contribution in [0.3, 0.4) is 0 Å². The first-order chi connectivity index (χ1) is 16.7. The molecule has 1 aliphatic rings. The van der Waals surface area contributed by atoms with Crippen molar-refractivity contribution in [2.75, 3.05) is 14.2 Å². The number of carbonyl (C=O) groups excluding carboxylic acids is 4. The minimum absolute atomic E-state index is 0.0237. The van der Waals surface area contributed by atoms with Crippen molar-refractivity contribution in [3.63, 3.8) is 0 Å². The number of hydrogen-bond donors (Lipinski definition) is 0. The summed E-state index contributed by atoms with van der Waals surface area (Å²) in [6, 6.07) is 4.81. The summed E-state index contributed by atoms with van der Waals surface area (Å²) in [6.07, 6.45) is 0.438. The average Bonchev–Trinajstić information content (AvgIpc) is 3.12. The van der Waals surface area contributed by atoms with Gasteiger partial charge in [-0.2, -0.15) is 0 Å². The van der Waals surface area contributed by atoms with Crippen LogP contribution in [0.4, 0.5) is 10.5 Å². The number of hydrogen-bond acceptors (Lipinski definition) is 10. The van der Waals surface area contributed by atoms with Gasteiger partial charge in [0, 0.05) is 42.4 Å². The number of ketones is 2. The van der Waals surface area contributed by atoms with Crippen LogP contribution in [0.15, 0.2) is 36.1 Å². The van der Waals surface area contributed by atoms with Gasteiger partial charge in [0.25, 0.3) is 5.69 Å². The minimum Gasteiger partial charge on any atom is -0.492 e. The van der Waals surface area contributed by atoms with Gasteiger partial charge in [-0.3, -0.25) is 24.5 Å². The maximum absolute atomic E-state index is 13.0. The molecule has 12 heteroatoms. The Labute approximate surface area is 199 Å². The summed E-state index contributed by atoms with van der Waals surface area (Å²) in [6.45, 7) is 1.51. The summed E-state index contributed by atoms with van der Waals surface area (Å²) >= 11 is 0. The quantitative estimate of drug-likeness (QED) is 0.223. The number of benzene rings is 1. The van der Waals surface area contributed by atoms with Gasteiger partial charge in [-0.1, -0.05) is 0 Å². The molecule has 12 nitrogen and oxygen atoms in total. The number of fused-ring (bicyclic) bond motifs is 1. The number of non-ortho nitro benzene ring substituents is 1. The Morgan fingerprint density at radius 3 is 2.40 bits per heavy atom. The number of allylic oxidation sites excluding steroid dienone is 2. The highest BCUT2D eigenvalue weighted by Gasteiger charge is 2.35. The van der Waals surface area contributed by atoms with Gasteiger partial charge in [-0.05, 0) is 25.5 Å². The standard InChI is InChI=1S/C23H22N2O10/c1-13-16(12-34-23(29)35-15-8-6-14(7-9-15)25(30)31)20-21(17(26)11-18(32-2)22(20)28)24(13)10-4-5-19(27)33-3/h6-9,11H,4-5,10,12H2,1-3H3. The number of ether oxygens (including phenoxy) is 4. The Balaban J connectivity index is 1.83. The molecule has 0 bridgehead atoms. The van der Waals surface area contributed by atoms with Crippen molar-refractivity contribution < 1.29 is 43.0 Å². The lowest BCUT2D eigenvalue weighted by Gasteiger charge is -2.15. The second-order valence-electron chi connectivity index (χ2n) is 7.42. The fourth-order valence-corrected chi connectivity index (χ4v) is 3.65. The van der Waals surface area contributed by atoms with Crippen molar-refractivity contribution in [1.29, 1.82) is 0 Å². The lowest BCUT2D eigenvalue weighted by Crippen LogP contribution is -2.21. The lowest BCUT2D eigenvalue weighted by molar-refractivity contribution is -0.384. The van der Waals surface area contributed by atoms with E-state index in [0.717, 1.165) is 6.08 Å². The molecule has 184 valence electrons. The molecule has 0 spiro atoms. The number of rotatable bonds is 9. The van der Waals surface area contributed by atoms with E-state index in [1.54, 1.807) is 11.5 Å². The Kier molecular flexibility index (Phi) is 7.64. The van der Waals surface area contributed by atoms with Gasteiger partial charge in [0.05, 0.1) is 24.7 Å². The van der Waals surface area contributed by atoms with E-state index in [4.69, 9.17) is 14.2 Å². The van der Waals surface area contributed by atoms with Crippen LogP contribution in [-0.2, 0) is 32.2 Å². The van der Waals surface area contributed by atoms with Crippen LogP contribution in [0.5, 0.6) is 5.75 Å². The third-order valence-electron chi connectivity index (χ3n) is 5.39. The minimum atomic E-state index is -1.11. The molecule has 0 aliphatic heterocycles. The monoisotopic (exact) mass is 486 g/mol. The van der Waals surface area contributed by atoms with Gasteiger partial charge in [0.15, 0.2) is 5.76 Å². The molecule has 3 rings (SSSR count). The van der Waals surface area contributed by atoms with E-state index in [0.29, 0.717) is 17.7 Å². The molecule has 1 aromatic carbocycles. The van der Waals surface area contributed by atoms with E-state index in [-0.39, 0.29) is 48.0 Å². The maximum atomic E-state index is 13.0. The number of nitrogens with zero attached hydrogens (tertiary/aromatic N) is 2. The van der Waals surface area contributed by atoms with Crippen LogP contribution in [0, 0.1) is 17.0 Å². The first-order valence-electron chi connectivity index (χ1n) is 10.4. The summed E-state index contributed by atoms with van der Waals surface area (Å²) < 4.78 is 21.5. The number of nitro benzene ring substituents is 1. The largest absolute Gasteiger partial charge is 0.514 e. The smallest absolute Gasteiger partial charge is 0.492 e. The molecule has 0 atom stereocenters. The second kappa shape index (κ2) is 10.6. The molecule has 1 aliphatic carbocycles. The van der Waals surface area contributed by atoms with E-state index in [1.165, 1.54) is 38.5 Å². The van der Waals surface area contributed by atoms with E-state index in [2.05, 4.69) is 4.74 Å². The highest BCUT2D eigenvalue weighted by Crippen LogP contribution is 2.31. The van der Waals surface area contributed by atoms with Gasteiger partial charge >= 0.3 is 12.1 Å². The molecule has 35 heavy (non-hydrogen) atoms. The summed E-state index contributed by atoms with van der Waals surface area (Å²) in [5.74, 6) is -1.54. The fourth-order valence-electron chi connectivity index (χ4n) is 3.65. The predicted molar refractivity (Wildman–Crippen MR) is 118 cm³/mol. The second-order valence-corrected chi connectivity index (χ2v) is 7.42. The molecule has 0 N–H and O–H groups in total. The molecular weight excluding hydrogens is 464 g/mol. The molecule has 2 aromatic rings. The number of Topliss-reactive ketones (excluding diaryl/α,β-unsaturated/α-hetero) is 1. The Morgan fingerprint density at radius 2 is 1.80 bits per heavy atom. The number of aromatic nitrogens is 1. The zero-order valence-electron chi connectivity index (χ0n) is 19.2. The Morgan fingerprint density at radius 1 is 1.11 bits per heavy atom. The van der Waals surface area contributed by atoms with Crippen LogP contribution in [-0.4, -0.2) is 47.4 Å². The highest BCUT2D eigenvalue weighted by atomic mass is 16.7. The Bertz CT molecular complexity index is 1220. The van der Waals surface area contributed by atoms with E-state index < -0.39 is 28.6 Å². The highest BCUT2D eigenvalue weighted by molar-refractivity contribution is 6.24. The first kappa shape index (κ1) is 25.1. The topological polar surface area (TPSA) is 153 Å². The zero-order valence-corrected chi connectivity index (χ0v) is 19.2. The van der Waals surface area contributed by atoms with Crippen LogP contribution in [0.1, 0.15) is 44.9 Å². The number of esters is 1. The molecule has 0 radical (unpaired) electrons. The molecule has 0 fully saturated rings. The maximum Gasteiger partial charge on any atom is 0.514 e. The van der Waals surface area contributed by atoms with Crippen molar-refractivity contribution in [1.82, 2.24) is 4.57 Å². The van der Waals surface area contributed by atoms with Crippen molar-refractivity contribution >= 4 is 29.4 Å². The van der Waals surface area contributed by atoms with Crippen LogP contribution >= 0.6 is 0 Å². The number of nitro groups is 1. The molecule has 0 unspecified atom stereocenters. The normalized spacial score (nSPS) is 12.5. The zero-order chi connectivity index (χ0) is 25.7. The SMILES string of the molecule is COC(=O)CCCn1c(C)c(COC(=O)Oc2ccc([N+](=O)[O-])cc2)c2c1C(=O)C=C(OC)C2=O. The number of methoxy groups -OCH3 is 2. The van der Waals surface area contributed by atoms with Crippen LogP contribution < -0.4 is 4.74 Å². The fraction of sp³-hybridized carbons (Fsp3) is 0.304. The van der Waals surface area contributed by atoms with Gasteiger partial charge < -0.3 is 23.5 Å². The lowest BCUT2D eigenvalue weighted by atomic mass is 9.96. The summed E-state index contributed by atoms with van der Waals surface area (Å²) in [4.78, 5) is 59.6. The first-order valence-corrected chi connectivity index (χ1v) is 10.4. The van der Waals surface area contributed by atoms with Crippen molar-refractivity contribution in [2.45, 2.75) is 32.9 Å². The molecule has 1 aromatic heterocycles. The van der Waals surface area contributed by atoms with Gasteiger partial charge in [0.1, 0.15) is 18.1 Å². The summed E-state index contributed by atoms with van der Waals surface area (Å²) in [5.41, 5.74) is 0.774. The third kappa shape index (κ3) is 5.37. The van der Waals surface area contributed by atoms with Crippen molar-refractivity contribution in [3.05, 3.63) is 68.7 Å². The Hall–Kier alpha value is -4.48. The van der Waals surface area contributed by atoms with Gasteiger partial charge in [0.2, 0.25) is 11.6 Å².